The van der Waals surface area contributed by atoms with Gasteiger partial charge in [0.1, 0.15) is 16.6 Å². The first-order chi connectivity index (χ1) is 9.67. The van der Waals surface area contributed by atoms with Crippen LogP contribution in [0.4, 0.5) is 4.39 Å². The molecule has 0 fully saturated rings. The summed E-state index contributed by atoms with van der Waals surface area (Å²) >= 11 is 2.56. The van der Waals surface area contributed by atoms with Gasteiger partial charge in [-0.1, -0.05) is 29.8 Å². The van der Waals surface area contributed by atoms with Gasteiger partial charge in [0.05, 0.1) is 12.2 Å². The van der Waals surface area contributed by atoms with E-state index in [4.69, 9.17) is 6.42 Å². The molecule has 0 atom stereocenters. The molecule has 0 aliphatic carbocycles. The number of hydrogen-bond acceptors (Lipinski definition) is 5. The number of terminal acetylenes is 1. The summed E-state index contributed by atoms with van der Waals surface area (Å²) in [4.78, 5) is 16.1. The molecule has 0 N–H and O–H groups in total. The van der Waals surface area contributed by atoms with Crippen molar-refractivity contribution in [3.63, 3.8) is 0 Å². The number of Topliss-reactive ketones (excluding diaryl/α,β-unsaturated/α-hetero) is 1. The van der Waals surface area contributed by atoms with Crippen molar-refractivity contribution in [1.29, 1.82) is 0 Å². The molecule has 6 heteroatoms. The maximum atomic E-state index is 13.0. The summed E-state index contributed by atoms with van der Waals surface area (Å²) in [5.74, 6) is 2.65. The molecular weight excluding hydrogens is 295 g/mol. The van der Waals surface area contributed by atoms with Crippen LogP contribution in [-0.4, -0.2) is 20.9 Å². The number of benzene rings is 1. The third kappa shape index (κ3) is 4.44. The highest BCUT2D eigenvalue weighted by Gasteiger charge is 2.10. The van der Waals surface area contributed by atoms with Gasteiger partial charge in [0.25, 0.3) is 0 Å². The van der Waals surface area contributed by atoms with Gasteiger partial charge in [-0.05, 0) is 29.2 Å². The summed E-state index contributed by atoms with van der Waals surface area (Å²) in [6, 6.07) is 6.05. The van der Waals surface area contributed by atoms with Gasteiger partial charge in [-0.3, -0.25) is 4.79 Å². The predicted octanol–water partition coefficient (Wildman–Crippen LogP) is 2.76. The molecule has 1 heterocycles. The average Bonchev–Trinajstić information content (AvgIpc) is 2.83. The molecule has 2 rings (SSSR count). The molecular formula is C14H11FN2OS2. The monoisotopic (exact) mass is 306 g/mol. The first-order valence-corrected chi connectivity index (χ1v) is 7.58. The summed E-state index contributed by atoms with van der Waals surface area (Å²) in [7, 11) is 0. The second-order valence-corrected chi connectivity index (χ2v) is 5.76. The fraction of sp³-hybridized carbons (Fsp3) is 0.214. The third-order valence-corrected chi connectivity index (χ3v) is 3.95. The van der Waals surface area contributed by atoms with Crippen LogP contribution in [0.15, 0.2) is 29.4 Å². The predicted molar refractivity (Wildman–Crippen MR) is 78.3 cm³/mol. The lowest BCUT2D eigenvalue weighted by Gasteiger charge is -1.99. The van der Waals surface area contributed by atoms with E-state index in [9.17, 15) is 9.18 Å². The molecule has 1 aromatic carbocycles. The number of rotatable bonds is 6. The van der Waals surface area contributed by atoms with Crippen LogP contribution in [0, 0.1) is 18.2 Å². The molecule has 0 saturated heterocycles. The summed E-state index contributed by atoms with van der Waals surface area (Å²) < 4.78 is 17.1. The Balaban J connectivity index is 1.91. The topological polar surface area (TPSA) is 42.9 Å². The van der Waals surface area contributed by atoms with Crippen LogP contribution in [0.1, 0.15) is 10.6 Å². The molecule has 20 heavy (non-hydrogen) atoms. The Hall–Kier alpha value is -1.71. The Bertz CT molecular complexity index is 649. The van der Waals surface area contributed by atoms with Crippen LogP contribution in [0.3, 0.4) is 0 Å². The number of aromatic nitrogens is 2. The molecule has 0 saturated carbocycles. The minimum absolute atomic E-state index is 0.0137. The highest BCUT2D eigenvalue weighted by molar-refractivity contribution is 7.99. The van der Waals surface area contributed by atoms with Crippen molar-refractivity contribution >= 4 is 29.1 Å². The van der Waals surface area contributed by atoms with Crippen molar-refractivity contribution in [1.82, 2.24) is 9.36 Å². The zero-order valence-electron chi connectivity index (χ0n) is 10.5. The van der Waals surface area contributed by atoms with E-state index in [1.54, 1.807) is 12.1 Å². The highest BCUT2D eigenvalue weighted by atomic mass is 32.2. The maximum absolute atomic E-state index is 13.0. The van der Waals surface area contributed by atoms with E-state index in [0.29, 0.717) is 21.5 Å². The Morgan fingerprint density at radius 1 is 1.45 bits per heavy atom. The van der Waals surface area contributed by atoms with Crippen molar-refractivity contribution in [3.05, 3.63) is 40.7 Å². The smallest absolute Gasteiger partial charge is 0.201 e. The number of nitrogens with zero attached hydrogens (tertiary/aromatic N) is 2. The minimum atomic E-state index is -0.334. The van der Waals surface area contributed by atoms with E-state index >= 15 is 0 Å². The molecule has 102 valence electrons. The zero-order chi connectivity index (χ0) is 14.4. The molecule has 0 unspecified atom stereocenters. The minimum Gasteiger partial charge on any atom is -0.299 e. The van der Waals surface area contributed by atoms with E-state index in [-0.39, 0.29) is 24.4 Å². The first-order valence-electron chi connectivity index (χ1n) is 5.82. The third-order valence-electron chi connectivity index (χ3n) is 2.37. The van der Waals surface area contributed by atoms with E-state index in [2.05, 4.69) is 15.3 Å². The summed E-state index contributed by atoms with van der Waals surface area (Å²) in [5.41, 5.74) is 0.668. The van der Waals surface area contributed by atoms with E-state index in [0.717, 1.165) is 0 Å². The Morgan fingerprint density at radius 2 is 2.30 bits per heavy atom. The Kier molecular flexibility index (Phi) is 5.27. The largest absolute Gasteiger partial charge is 0.299 e. The summed E-state index contributed by atoms with van der Waals surface area (Å²) in [6.07, 6.45) is 5.57. The number of ketones is 1. The van der Waals surface area contributed by atoms with Crippen molar-refractivity contribution in [3.8, 4) is 12.3 Å². The number of carbonyl (C=O) groups is 1. The zero-order valence-corrected chi connectivity index (χ0v) is 12.1. The number of carbonyl (C=O) groups excluding carboxylic acids is 1. The van der Waals surface area contributed by atoms with E-state index in [1.165, 1.54) is 35.4 Å². The van der Waals surface area contributed by atoms with Crippen molar-refractivity contribution in [2.75, 3.05) is 5.75 Å². The van der Waals surface area contributed by atoms with Gasteiger partial charge in [-0.15, -0.1) is 6.42 Å². The van der Waals surface area contributed by atoms with E-state index < -0.39 is 0 Å². The SMILES string of the molecule is C#CCSc1nsc(CC(=O)Cc2cccc(F)c2)n1. The highest BCUT2D eigenvalue weighted by Crippen LogP contribution is 2.17. The molecule has 0 amide bonds. The Labute approximate surface area is 124 Å². The van der Waals surface area contributed by atoms with Gasteiger partial charge >= 0.3 is 0 Å². The van der Waals surface area contributed by atoms with Crippen LogP contribution in [0.5, 0.6) is 0 Å². The normalized spacial score (nSPS) is 10.2. The average molecular weight is 306 g/mol. The van der Waals surface area contributed by atoms with Crippen LogP contribution in [0.25, 0.3) is 0 Å². The Morgan fingerprint density at radius 3 is 3.05 bits per heavy atom. The second kappa shape index (κ2) is 7.17. The maximum Gasteiger partial charge on any atom is 0.201 e. The van der Waals surface area contributed by atoms with Crippen molar-refractivity contribution in [2.24, 2.45) is 0 Å². The lowest BCUT2D eigenvalue weighted by atomic mass is 10.1. The molecule has 0 aliphatic rings. The van der Waals surface area contributed by atoms with Crippen LogP contribution >= 0.6 is 23.3 Å². The number of hydrogen-bond donors (Lipinski definition) is 0. The van der Waals surface area contributed by atoms with Gasteiger partial charge in [-0.2, -0.15) is 4.37 Å². The molecule has 0 bridgehead atoms. The van der Waals surface area contributed by atoms with Crippen LogP contribution < -0.4 is 0 Å². The van der Waals surface area contributed by atoms with Gasteiger partial charge in [-0.25, -0.2) is 9.37 Å². The van der Waals surface area contributed by atoms with Crippen LogP contribution in [0.2, 0.25) is 0 Å². The van der Waals surface area contributed by atoms with Gasteiger partial charge in [0.2, 0.25) is 5.16 Å². The van der Waals surface area contributed by atoms with Gasteiger partial charge in [0.15, 0.2) is 0 Å². The molecule has 0 aliphatic heterocycles. The van der Waals surface area contributed by atoms with Crippen molar-refractivity contribution < 1.29 is 9.18 Å². The standard InChI is InChI=1S/C14H11FN2OS2/c1-2-6-19-14-16-13(20-17-14)9-12(18)8-10-4-3-5-11(15)7-10/h1,3-5,7H,6,8-9H2. The molecule has 1 aromatic heterocycles. The molecule has 3 nitrogen and oxygen atoms in total. The van der Waals surface area contributed by atoms with Gasteiger partial charge in [0, 0.05) is 6.42 Å². The fourth-order valence-electron chi connectivity index (χ4n) is 1.58. The second-order valence-electron chi connectivity index (χ2n) is 3.99. The first kappa shape index (κ1) is 14.7. The molecule has 0 spiro atoms. The molecule has 0 radical (unpaired) electrons. The quantitative estimate of drug-likeness (QED) is 0.608. The van der Waals surface area contributed by atoms with Gasteiger partial charge < -0.3 is 0 Å². The van der Waals surface area contributed by atoms with E-state index in [1.807, 2.05) is 0 Å². The lowest BCUT2D eigenvalue weighted by Crippen LogP contribution is -2.06. The van der Waals surface area contributed by atoms with Crippen LogP contribution in [-0.2, 0) is 17.6 Å². The summed E-state index contributed by atoms with van der Waals surface area (Å²) in [5, 5.41) is 1.26. The molecule has 2 aromatic rings. The summed E-state index contributed by atoms with van der Waals surface area (Å²) in [6.45, 7) is 0. The lowest BCUT2D eigenvalue weighted by molar-refractivity contribution is -0.117. The number of halogens is 1. The van der Waals surface area contributed by atoms with Crippen molar-refractivity contribution in [2.45, 2.75) is 18.0 Å². The fourth-order valence-corrected chi connectivity index (χ4v) is 2.93. The number of thioether (sulfide) groups is 1.